The normalized spacial score (nSPS) is 14.4. The first-order valence-electron chi connectivity index (χ1n) is 9.75. The molecule has 0 spiro atoms. The molecule has 1 fully saturated rings. The van der Waals surface area contributed by atoms with Crippen molar-refractivity contribution in [2.75, 3.05) is 36.5 Å². The average molecular weight is 397 g/mol. The van der Waals surface area contributed by atoms with E-state index in [1.807, 2.05) is 43.0 Å². The molecule has 0 saturated carbocycles. The third kappa shape index (κ3) is 4.54. The van der Waals surface area contributed by atoms with Crippen LogP contribution in [0.15, 0.2) is 41.1 Å². The molecule has 0 atom stereocenters. The standard InChI is InChI=1S/C21H24FN5O2/c1-14(2)20-25-21(29-26-20)16-5-6-23-19(12-16)24-13-15-3-4-18(17(22)11-15)27-7-9-28-10-8-27/h3-6,11-12,14H,7-10,13H2,1-2H3,(H,23,24). The Morgan fingerprint density at radius 2 is 2.00 bits per heavy atom. The number of benzene rings is 1. The second-order valence-corrected chi connectivity index (χ2v) is 7.28. The third-order valence-corrected chi connectivity index (χ3v) is 4.80. The van der Waals surface area contributed by atoms with Crippen LogP contribution in [0, 0.1) is 5.82 Å². The maximum absolute atomic E-state index is 14.6. The van der Waals surface area contributed by atoms with Gasteiger partial charge in [0.05, 0.1) is 18.9 Å². The van der Waals surface area contributed by atoms with E-state index < -0.39 is 0 Å². The van der Waals surface area contributed by atoms with Crippen LogP contribution in [0.3, 0.4) is 0 Å². The molecule has 0 radical (unpaired) electrons. The van der Waals surface area contributed by atoms with E-state index in [-0.39, 0.29) is 11.7 Å². The van der Waals surface area contributed by atoms with Crippen molar-refractivity contribution in [3.8, 4) is 11.5 Å². The van der Waals surface area contributed by atoms with Crippen LogP contribution in [0.4, 0.5) is 15.9 Å². The van der Waals surface area contributed by atoms with E-state index in [1.54, 1.807) is 12.3 Å². The Labute approximate surface area is 168 Å². The van der Waals surface area contributed by atoms with E-state index >= 15 is 0 Å². The summed E-state index contributed by atoms with van der Waals surface area (Å²) in [5, 5.41) is 7.22. The molecule has 0 aliphatic carbocycles. The van der Waals surface area contributed by atoms with Gasteiger partial charge in [-0.05, 0) is 29.8 Å². The Balaban J connectivity index is 1.43. The number of aromatic nitrogens is 3. The molecular formula is C21H24FN5O2. The summed E-state index contributed by atoms with van der Waals surface area (Å²) in [6.07, 6.45) is 1.68. The molecule has 1 aromatic carbocycles. The molecule has 1 saturated heterocycles. The second kappa shape index (κ2) is 8.57. The first kappa shape index (κ1) is 19.3. The fourth-order valence-electron chi connectivity index (χ4n) is 3.16. The van der Waals surface area contributed by atoms with Gasteiger partial charge in [0.2, 0.25) is 0 Å². The number of anilines is 2. The van der Waals surface area contributed by atoms with Gasteiger partial charge in [0.25, 0.3) is 5.89 Å². The highest BCUT2D eigenvalue weighted by molar-refractivity contribution is 5.58. The van der Waals surface area contributed by atoms with Gasteiger partial charge in [0.1, 0.15) is 11.6 Å². The topological polar surface area (TPSA) is 76.3 Å². The molecule has 1 aliphatic rings. The highest BCUT2D eigenvalue weighted by Crippen LogP contribution is 2.24. The number of hydrogen-bond donors (Lipinski definition) is 1. The smallest absolute Gasteiger partial charge is 0.258 e. The molecule has 7 nitrogen and oxygen atoms in total. The summed E-state index contributed by atoms with van der Waals surface area (Å²) < 4.78 is 25.2. The van der Waals surface area contributed by atoms with Crippen LogP contribution in [-0.2, 0) is 11.3 Å². The molecule has 3 aromatic rings. The van der Waals surface area contributed by atoms with Crippen molar-refractivity contribution in [2.24, 2.45) is 0 Å². The van der Waals surface area contributed by atoms with Crippen LogP contribution in [0.5, 0.6) is 0 Å². The number of hydrogen-bond acceptors (Lipinski definition) is 7. The molecule has 4 rings (SSSR count). The average Bonchev–Trinajstić information content (AvgIpc) is 3.24. The third-order valence-electron chi connectivity index (χ3n) is 4.80. The Morgan fingerprint density at radius 1 is 1.17 bits per heavy atom. The molecule has 0 bridgehead atoms. The summed E-state index contributed by atoms with van der Waals surface area (Å²) in [4.78, 5) is 10.7. The molecule has 2 aromatic heterocycles. The van der Waals surface area contributed by atoms with E-state index in [1.165, 1.54) is 0 Å². The number of pyridine rings is 1. The lowest BCUT2D eigenvalue weighted by Crippen LogP contribution is -2.36. The summed E-state index contributed by atoms with van der Waals surface area (Å²) >= 11 is 0. The van der Waals surface area contributed by atoms with Gasteiger partial charge in [-0.2, -0.15) is 4.98 Å². The van der Waals surface area contributed by atoms with Crippen molar-refractivity contribution in [3.05, 3.63) is 53.7 Å². The molecule has 8 heteroatoms. The fraction of sp³-hybridized carbons (Fsp3) is 0.381. The monoisotopic (exact) mass is 397 g/mol. The van der Waals surface area contributed by atoms with Crippen LogP contribution in [-0.4, -0.2) is 41.4 Å². The number of ether oxygens (including phenoxy) is 1. The van der Waals surface area contributed by atoms with Crippen LogP contribution in [0.1, 0.15) is 31.2 Å². The Kier molecular flexibility index (Phi) is 5.71. The van der Waals surface area contributed by atoms with Crippen molar-refractivity contribution in [2.45, 2.75) is 26.3 Å². The predicted molar refractivity (Wildman–Crippen MR) is 108 cm³/mol. The molecule has 152 valence electrons. The zero-order chi connectivity index (χ0) is 20.2. The molecule has 0 amide bonds. The Morgan fingerprint density at radius 3 is 2.72 bits per heavy atom. The largest absolute Gasteiger partial charge is 0.378 e. The van der Waals surface area contributed by atoms with Gasteiger partial charge in [-0.15, -0.1) is 0 Å². The maximum atomic E-state index is 14.6. The molecular weight excluding hydrogens is 373 g/mol. The van der Waals surface area contributed by atoms with Gasteiger partial charge in [0.15, 0.2) is 5.82 Å². The van der Waals surface area contributed by atoms with E-state index in [4.69, 9.17) is 9.26 Å². The fourth-order valence-corrected chi connectivity index (χ4v) is 3.16. The van der Waals surface area contributed by atoms with Crippen LogP contribution < -0.4 is 10.2 Å². The number of morpholine rings is 1. The van der Waals surface area contributed by atoms with Crippen LogP contribution in [0.25, 0.3) is 11.5 Å². The van der Waals surface area contributed by atoms with Gasteiger partial charge in [-0.25, -0.2) is 9.37 Å². The van der Waals surface area contributed by atoms with Crippen molar-refractivity contribution in [1.82, 2.24) is 15.1 Å². The zero-order valence-corrected chi connectivity index (χ0v) is 16.6. The first-order chi connectivity index (χ1) is 14.1. The zero-order valence-electron chi connectivity index (χ0n) is 16.6. The van der Waals surface area contributed by atoms with E-state index in [2.05, 4.69) is 20.4 Å². The Bertz CT molecular complexity index is 969. The van der Waals surface area contributed by atoms with Gasteiger partial charge in [-0.1, -0.05) is 25.1 Å². The second-order valence-electron chi connectivity index (χ2n) is 7.28. The Hall–Kier alpha value is -3.00. The number of rotatable bonds is 6. The summed E-state index contributed by atoms with van der Waals surface area (Å²) in [6.45, 7) is 7.15. The first-order valence-corrected chi connectivity index (χ1v) is 9.75. The molecule has 29 heavy (non-hydrogen) atoms. The van der Waals surface area contributed by atoms with Gasteiger partial charge in [0, 0.05) is 37.3 Å². The van der Waals surface area contributed by atoms with E-state index in [0.29, 0.717) is 56.1 Å². The highest BCUT2D eigenvalue weighted by atomic mass is 19.1. The number of halogens is 1. The summed E-state index contributed by atoms with van der Waals surface area (Å²) in [5.74, 6) is 1.76. The minimum Gasteiger partial charge on any atom is -0.378 e. The lowest BCUT2D eigenvalue weighted by molar-refractivity contribution is 0.122. The SMILES string of the molecule is CC(C)c1noc(-c2ccnc(NCc3ccc(N4CCOCC4)c(F)c3)c2)n1. The van der Waals surface area contributed by atoms with Crippen LogP contribution in [0.2, 0.25) is 0 Å². The van der Waals surface area contributed by atoms with Crippen molar-refractivity contribution in [3.63, 3.8) is 0 Å². The quantitative estimate of drug-likeness (QED) is 0.677. The molecule has 0 unspecified atom stereocenters. The molecule has 3 heterocycles. The van der Waals surface area contributed by atoms with Crippen LogP contribution >= 0.6 is 0 Å². The predicted octanol–water partition coefficient (Wildman–Crippen LogP) is 3.84. The number of nitrogens with zero attached hydrogens (tertiary/aromatic N) is 4. The summed E-state index contributed by atoms with van der Waals surface area (Å²) in [7, 11) is 0. The van der Waals surface area contributed by atoms with Gasteiger partial charge in [-0.3, -0.25) is 0 Å². The van der Waals surface area contributed by atoms with Crippen molar-refractivity contribution < 1.29 is 13.7 Å². The van der Waals surface area contributed by atoms with E-state index in [9.17, 15) is 4.39 Å². The van der Waals surface area contributed by atoms with Gasteiger partial charge >= 0.3 is 0 Å². The highest BCUT2D eigenvalue weighted by Gasteiger charge is 2.15. The lowest BCUT2D eigenvalue weighted by Gasteiger charge is -2.29. The summed E-state index contributed by atoms with van der Waals surface area (Å²) in [5.41, 5.74) is 2.25. The van der Waals surface area contributed by atoms with E-state index in [0.717, 1.165) is 11.1 Å². The minimum absolute atomic E-state index is 0.197. The molecule has 1 N–H and O–H groups in total. The van der Waals surface area contributed by atoms with Gasteiger partial charge < -0.3 is 19.5 Å². The lowest BCUT2D eigenvalue weighted by atomic mass is 10.1. The minimum atomic E-state index is -0.222. The molecule has 1 aliphatic heterocycles. The van der Waals surface area contributed by atoms with Crippen molar-refractivity contribution in [1.29, 1.82) is 0 Å². The summed E-state index contributed by atoms with van der Waals surface area (Å²) in [6, 6.07) is 8.98. The number of nitrogens with one attached hydrogen (secondary N) is 1. The maximum Gasteiger partial charge on any atom is 0.258 e. The van der Waals surface area contributed by atoms with Crippen molar-refractivity contribution >= 4 is 11.5 Å².